The van der Waals surface area contributed by atoms with E-state index in [2.05, 4.69) is 29.0 Å². The molecule has 2 nitrogen and oxygen atoms in total. The Morgan fingerprint density at radius 1 is 1.57 bits per heavy atom. The summed E-state index contributed by atoms with van der Waals surface area (Å²) in [5.41, 5.74) is 1.36. The van der Waals surface area contributed by atoms with E-state index in [9.17, 15) is 0 Å². The third-order valence-corrected chi connectivity index (χ3v) is 3.84. The zero-order chi connectivity index (χ0) is 9.54. The molecule has 1 aliphatic heterocycles. The Morgan fingerprint density at radius 2 is 2.50 bits per heavy atom. The van der Waals surface area contributed by atoms with E-state index in [1.165, 1.54) is 15.9 Å². The number of fused-ring (bicyclic) bond motifs is 1. The van der Waals surface area contributed by atoms with E-state index < -0.39 is 0 Å². The highest BCUT2D eigenvalue weighted by molar-refractivity contribution is 7.16. The van der Waals surface area contributed by atoms with Crippen LogP contribution in [0.2, 0.25) is 0 Å². The van der Waals surface area contributed by atoms with E-state index in [1.54, 1.807) is 0 Å². The summed E-state index contributed by atoms with van der Waals surface area (Å²) in [5, 5.41) is 3.54. The van der Waals surface area contributed by atoms with Crippen LogP contribution in [0, 0.1) is 6.92 Å². The third kappa shape index (κ3) is 1.12. The zero-order valence-electron chi connectivity index (χ0n) is 8.19. The second-order valence-electron chi connectivity index (χ2n) is 3.85. The van der Waals surface area contributed by atoms with Crippen LogP contribution in [-0.2, 0) is 4.74 Å². The molecule has 1 fully saturated rings. The highest BCUT2D eigenvalue weighted by Gasteiger charge is 2.20. The van der Waals surface area contributed by atoms with E-state index in [-0.39, 0.29) is 0 Å². The molecule has 0 N–H and O–H groups in total. The Labute approximate surface area is 87.1 Å². The van der Waals surface area contributed by atoms with Crippen LogP contribution >= 0.6 is 11.3 Å². The van der Waals surface area contributed by atoms with Gasteiger partial charge in [-0.25, -0.2) is 0 Å². The predicted octanol–water partition coefficient (Wildman–Crippen LogP) is 2.97. The third-order valence-electron chi connectivity index (χ3n) is 2.91. The minimum atomic E-state index is 0.561. The Morgan fingerprint density at radius 3 is 3.29 bits per heavy atom. The fourth-order valence-electron chi connectivity index (χ4n) is 2.25. The lowest BCUT2D eigenvalue weighted by Crippen LogP contribution is -2.08. The molecule has 1 aliphatic rings. The summed E-state index contributed by atoms with van der Waals surface area (Å²) in [4.78, 5) is 1.40. The minimum Gasteiger partial charge on any atom is -0.379 e. The van der Waals surface area contributed by atoms with Crippen molar-refractivity contribution in [2.24, 2.45) is 0 Å². The van der Waals surface area contributed by atoms with Crippen molar-refractivity contribution in [2.45, 2.75) is 19.4 Å². The van der Waals surface area contributed by atoms with E-state index in [0.29, 0.717) is 6.04 Å². The number of hydrogen-bond donors (Lipinski definition) is 0. The summed E-state index contributed by atoms with van der Waals surface area (Å²) < 4.78 is 7.88. The minimum absolute atomic E-state index is 0.561. The monoisotopic (exact) mass is 207 g/mol. The lowest BCUT2D eigenvalue weighted by Gasteiger charge is -2.13. The van der Waals surface area contributed by atoms with Gasteiger partial charge in [0.05, 0.1) is 12.6 Å². The number of nitrogens with zero attached hydrogens (tertiary/aromatic N) is 1. The van der Waals surface area contributed by atoms with Gasteiger partial charge in [-0.3, -0.25) is 0 Å². The summed E-state index contributed by atoms with van der Waals surface area (Å²) in [5.74, 6) is 0. The molecule has 1 atom stereocenters. The summed E-state index contributed by atoms with van der Waals surface area (Å²) in [6.07, 6.45) is 1.16. The Balaban J connectivity index is 2.16. The molecule has 0 spiro atoms. The summed E-state index contributed by atoms with van der Waals surface area (Å²) >= 11 is 1.83. The lowest BCUT2D eigenvalue weighted by molar-refractivity contribution is 0.187. The highest BCUT2D eigenvalue weighted by atomic mass is 32.1. The van der Waals surface area contributed by atoms with Crippen molar-refractivity contribution in [2.75, 3.05) is 13.2 Å². The molecule has 0 saturated carbocycles. The Bertz CT molecular complexity index is 451. The molecule has 3 rings (SSSR count). The maximum absolute atomic E-state index is 5.45. The van der Waals surface area contributed by atoms with Crippen molar-refractivity contribution in [3.05, 3.63) is 23.2 Å². The van der Waals surface area contributed by atoms with Gasteiger partial charge in [0.15, 0.2) is 0 Å². The van der Waals surface area contributed by atoms with Crippen LogP contribution in [0.5, 0.6) is 0 Å². The molecule has 3 heteroatoms. The SMILES string of the molecule is Cc1cc2ccsc2n1C1CCOC1. The molecule has 0 aromatic carbocycles. The molecule has 2 aromatic rings. The molecule has 14 heavy (non-hydrogen) atoms. The number of aromatic nitrogens is 1. The van der Waals surface area contributed by atoms with Gasteiger partial charge >= 0.3 is 0 Å². The smallest absolute Gasteiger partial charge is 0.103 e. The number of thiophene rings is 1. The molecule has 0 amide bonds. The number of rotatable bonds is 1. The first-order valence-corrected chi connectivity index (χ1v) is 5.87. The second-order valence-corrected chi connectivity index (χ2v) is 4.75. The van der Waals surface area contributed by atoms with Crippen LogP contribution in [0.1, 0.15) is 18.2 Å². The van der Waals surface area contributed by atoms with E-state index in [4.69, 9.17) is 4.74 Å². The molecule has 0 aliphatic carbocycles. The molecule has 3 heterocycles. The van der Waals surface area contributed by atoms with Gasteiger partial charge < -0.3 is 9.30 Å². The van der Waals surface area contributed by atoms with Crippen LogP contribution in [0.3, 0.4) is 0 Å². The molecule has 0 radical (unpaired) electrons. The van der Waals surface area contributed by atoms with Gasteiger partial charge in [0.1, 0.15) is 4.83 Å². The van der Waals surface area contributed by atoms with Crippen molar-refractivity contribution in [3.63, 3.8) is 0 Å². The second kappa shape index (κ2) is 3.11. The molecule has 74 valence electrons. The fourth-order valence-corrected chi connectivity index (χ4v) is 3.26. The largest absolute Gasteiger partial charge is 0.379 e. The van der Waals surface area contributed by atoms with E-state index in [0.717, 1.165) is 19.6 Å². The van der Waals surface area contributed by atoms with Crippen LogP contribution in [-0.4, -0.2) is 17.8 Å². The average Bonchev–Trinajstić information content (AvgIpc) is 2.78. The topological polar surface area (TPSA) is 14.2 Å². The van der Waals surface area contributed by atoms with Gasteiger partial charge in [0.2, 0.25) is 0 Å². The summed E-state index contributed by atoms with van der Waals surface area (Å²) in [7, 11) is 0. The van der Waals surface area contributed by atoms with Crippen LogP contribution < -0.4 is 0 Å². The molecule has 1 saturated heterocycles. The van der Waals surface area contributed by atoms with E-state index in [1.807, 2.05) is 11.3 Å². The van der Waals surface area contributed by atoms with Crippen molar-refractivity contribution >= 4 is 21.6 Å². The number of ether oxygens (including phenoxy) is 1. The van der Waals surface area contributed by atoms with Gasteiger partial charge in [0, 0.05) is 17.7 Å². The molecular formula is C11H13NOS. The van der Waals surface area contributed by atoms with Gasteiger partial charge in [-0.2, -0.15) is 0 Å². The van der Waals surface area contributed by atoms with Gasteiger partial charge in [-0.05, 0) is 30.9 Å². The van der Waals surface area contributed by atoms with E-state index >= 15 is 0 Å². The summed E-state index contributed by atoms with van der Waals surface area (Å²) in [6.45, 7) is 3.97. The quantitative estimate of drug-likeness (QED) is 0.701. The highest BCUT2D eigenvalue weighted by Crippen LogP contribution is 2.31. The first-order chi connectivity index (χ1) is 6.86. The predicted molar refractivity (Wildman–Crippen MR) is 59.0 cm³/mol. The van der Waals surface area contributed by atoms with Gasteiger partial charge in [-0.1, -0.05) is 0 Å². The van der Waals surface area contributed by atoms with Crippen LogP contribution in [0.4, 0.5) is 0 Å². The van der Waals surface area contributed by atoms with Crippen molar-refractivity contribution in [1.82, 2.24) is 4.57 Å². The van der Waals surface area contributed by atoms with Crippen LogP contribution in [0.15, 0.2) is 17.5 Å². The molecule has 2 aromatic heterocycles. The molecule has 1 unspecified atom stereocenters. The zero-order valence-corrected chi connectivity index (χ0v) is 9.01. The lowest BCUT2D eigenvalue weighted by atomic mass is 10.2. The van der Waals surface area contributed by atoms with Crippen molar-refractivity contribution < 1.29 is 4.74 Å². The number of hydrogen-bond acceptors (Lipinski definition) is 2. The first kappa shape index (κ1) is 8.50. The Hall–Kier alpha value is -0.800. The summed E-state index contributed by atoms with van der Waals surface area (Å²) in [6, 6.07) is 5.02. The van der Waals surface area contributed by atoms with Gasteiger partial charge in [0.25, 0.3) is 0 Å². The number of aryl methyl sites for hydroxylation is 1. The van der Waals surface area contributed by atoms with Crippen molar-refractivity contribution in [1.29, 1.82) is 0 Å². The normalized spacial score (nSPS) is 22.2. The Kier molecular flexibility index (Phi) is 1.89. The van der Waals surface area contributed by atoms with Crippen molar-refractivity contribution in [3.8, 4) is 0 Å². The maximum atomic E-state index is 5.45. The molecule has 0 bridgehead atoms. The van der Waals surface area contributed by atoms with Crippen LogP contribution in [0.25, 0.3) is 10.2 Å². The average molecular weight is 207 g/mol. The first-order valence-electron chi connectivity index (χ1n) is 4.99. The molecular weight excluding hydrogens is 194 g/mol. The maximum Gasteiger partial charge on any atom is 0.103 e. The van der Waals surface area contributed by atoms with Gasteiger partial charge in [-0.15, -0.1) is 11.3 Å². The fraction of sp³-hybridized carbons (Fsp3) is 0.455. The standard InChI is InChI=1S/C11H13NOS/c1-8-6-9-3-5-14-11(9)12(8)10-2-4-13-7-10/h3,5-6,10H,2,4,7H2,1H3.